The number of aromatic nitrogens is 3. The minimum absolute atomic E-state index is 0.0124. The van der Waals surface area contributed by atoms with Gasteiger partial charge in [0.15, 0.2) is 0 Å². The molecule has 1 aliphatic heterocycles. The molecule has 1 atom stereocenters. The zero-order valence-electron chi connectivity index (χ0n) is 11.5. The van der Waals surface area contributed by atoms with Crippen LogP contribution in [0.3, 0.4) is 0 Å². The predicted octanol–water partition coefficient (Wildman–Crippen LogP) is 2.48. The molecule has 1 saturated heterocycles. The third-order valence-electron chi connectivity index (χ3n) is 3.89. The molecule has 0 aliphatic carbocycles. The van der Waals surface area contributed by atoms with Crippen LogP contribution in [0.5, 0.6) is 0 Å². The smallest absolute Gasteiger partial charge is 0.254 e. The second kappa shape index (κ2) is 5.45. The highest BCUT2D eigenvalue weighted by atomic mass is 16.2. The van der Waals surface area contributed by atoms with Crippen molar-refractivity contribution in [3.63, 3.8) is 0 Å². The Morgan fingerprint density at radius 1 is 1.35 bits per heavy atom. The number of aryl methyl sites for hydroxylation is 1. The van der Waals surface area contributed by atoms with E-state index >= 15 is 0 Å². The van der Waals surface area contributed by atoms with Gasteiger partial charge < -0.3 is 4.90 Å². The molecule has 0 radical (unpaired) electrons. The fourth-order valence-corrected chi connectivity index (χ4v) is 2.80. The van der Waals surface area contributed by atoms with E-state index in [4.69, 9.17) is 0 Å². The normalized spacial score (nSPS) is 19.1. The van der Waals surface area contributed by atoms with Gasteiger partial charge in [0.1, 0.15) is 12.2 Å². The monoisotopic (exact) mass is 270 g/mol. The summed E-state index contributed by atoms with van der Waals surface area (Å²) in [5.74, 6) is 0.871. The van der Waals surface area contributed by atoms with Gasteiger partial charge in [-0.15, -0.1) is 0 Å². The molecule has 3 rings (SSSR count). The number of carbonyl (C=O) groups excluding carboxylic acids is 1. The molecule has 0 spiro atoms. The Kier molecular flexibility index (Phi) is 3.50. The van der Waals surface area contributed by atoms with E-state index in [0.29, 0.717) is 0 Å². The van der Waals surface area contributed by atoms with Gasteiger partial charge in [-0.2, -0.15) is 5.10 Å². The van der Waals surface area contributed by atoms with Crippen molar-refractivity contribution < 1.29 is 4.79 Å². The molecular formula is C15H18N4O. The fourth-order valence-electron chi connectivity index (χ4n) is 2.80. The summed E-state index contributed by atoms with van der Waals surface area (Å²) in [5.41, 5.74) is 1.79. The van der Waals surface area contributed by atoms with Gasteiger partial charge in [0.05, 0.1) is 6.04 Å². The number of amides is 1. The molecule has 1 aromatic heterocycles. The quantitative estimate of drug-likeness (QED) is 0.912. The van der Waals surface area contributed by atoms with Gasteiger partial charge in [0, 0.05) is 12.1 Å². The maximum Gasteiger partial charge on any atom is 0.254 e. The lowest BCUT2D eigenvalue weighted by molar-refractivity contribution is 0.0599. The molecule has 1 N–H and O–H groups in total. The van der Waals surface area contributed by atoms with E-state index in [0.717, 1.165) is 42.8 Å². The number of aromatic amines is 1. The van der Waals surface area contributed by atoms with Crippen LogP contribution in [0, 0.1) is 6.92 Å². The molecular weight excluding hydrogens is 252 g/mol. The summed E-state index contributed by atoms with van der Waals surface area (Å²) >= 11 is 0. The molecule has 20 heavy (non-hydrogen) atoms. The van der Waals surface area contributed by atoms with Crippen LogP contribution in [0.25, 0.3) is 0 Å². The lowest BCUT2D eigenvalue weighted by Gasteiger charge is -2.34. The number of carbonyl (C=O) groups is 1. The van der Waals surface area contributed by atoms with E-state index in [-0.39, 0.29) is 11.9 Å². The van der Waals surface area contributed by atoms with Gasteiger partial charge in [-0.3, -0.25) is 9.89 Å². The molecule has 5 nitrogen and oxygen atoms in total. The number of nitrogens with zero attached hydrogens (tertiary/aromatic N) is 3. The summed E-state index contributed by atoms with van der Waals surface area (Å²) in [5, 5.41) is 6.81. The largest absolute Gasteiger partial charge is 0.328 e. The summed E-state index contributed by atoms with van der Waals surface area (Å²) in [4.78, 5) is 18.9. The average Bonchev–Trinajstić information content (AvgIpc) is 3.01. The Hall–Kier alpha value is -2.17. The molecule has 1 aliphatic rings. The zero-order valence-corrected chi connectivity index (χ0v) is 11.5. The molecule has 104 valence electrons. The first-order valence-corrected chi connectivity index (χ1v) is 6.99. The van der Waals surface area contributed by atoms with Gasteiger partial charge in [-0.1, -0.05) is 18.2 Å². The molecule has 0 bridgehead atoms. The molecule has 5 heteroatoms. The van der Waals surface area contributed by atoms with E-state index in [1.807, 2.05) is 36.1 Å². The van der Waals surface area contributed by atoms with E-state index in [2.05, 4.69) is 15.2 Å². The number of benzene rings is 1. The zero-order chi connectivity index (χ0) is 13.9. The van der Waals surface area contributed by atoms with Crippen LogP contribution in [0.1, 0.15) is 47.1 Å². The second-order valence-electron chi connectivity index (χ2n) is 5.20. The standard InChI is InChI=1S/C15H18N4O/c1-11-6-2-3-7-12(11)15(20)19-9-5-4-8-13(19)14-16-10-17-18-14/h2-3,6-7,10,13H,4-5,8-9H2,1H3,(H,16,17,18)/t13-/m0/s1. The van der Waals surface area contributed by atoms with Crippen molar-refractivity contribution in [3.8, 4) is 0 Å². The third kappa shape index (κ3) is 2.31. The summed E-state index contributed by atoms with van der Waals surface area (Å²) in [6, 6.07) is 7.74. The maximum absolute atomic E-state index is 12.8. The van der Waals surface area contributed by atoms with Crippen molar-refractivity contribution in [1.82, 2.24) is 20.1 Å². The van der Waals surface area contributed by atoms with Crippen molar-refractivity contribution in [1.29, 1.82) is 0 Å². The Morgan fingerprint density at radius 2 is 2.20 bits per heavy atom. The van der Waals surface area contributed by atoms with Gasteiger partial charge in [0.25, 0.3) is 5.91 Å². The molecule has 2 aromatic rings. The molecule has 2 heterocycles. The molecule has 1 fully saturated rings. The topological polar surface area (TPSA) is 61.9 Å². The van der Waals surface area contributed by atoms with Gasteiger partial charge >= 0.3 is 0 Å². The summed E-state index contributed by atoms with van der Waals surface area (Å²) in [6.45, 7) is 2.75. The van der Waals surface area contributed by atoms with Gasteiger partial charge in [0.2, 0.25) is 0 Å². The highest BCUT2D eigenvalue weighted by Crippen LogP contribution is 2.30. The van der Waals surface area contributed by atoms with Crippen LogP contribution < -0.4 is 0 Å². The van der Waals surface area contributed by atoms with Crippen LogP contribution in [-0.4, -0.2) is 32.5 Å². The number of hydrogen-bond acceptors (Lipinski definition) is 3. The molecule has 1 amide bonds. The van der Waals surface area contributed by atoms with Crippen molar-refractivity contribution in [3.05, 3.63) is 47.5 Å². The van der Waals surface area contributed by atoms with Crippen molar-refractivity contribution >= 4 is 5.91 Å². The first-order chi connectivity index (χ1) is 9.77. The number of piperidine rings is 1. The lowest BCUT2D eigenvalue weighted by atomic mass is 9.99. The molecule has 1 aromatic carbocycles. The van der Waals surface area contributed by atoms with E-state index < -0.39 is 0 Å². The minimum atomic E-state index is 0.0124. The lowest BCUT2D eigenvalue weighted by Crippen LogP contribution is -2.39. The van der Waals surface area contributed by atoms with Gasteiger partial charge in [-0.05, 0) is 37.8 Å². The maximum atomic E-state index is 12.8. The summed E-state index contributed by atoms with van der Waals surface area (Å²) < 4.78 is 0. The Labute approximate surface area is 118 Å². The average molecular weight is 270 g/mol. The Morgan fingerprint density at radius 3 is 2.95 bits per heavy atom. The fraction of sp³-hybridized carbons (Fsp3) is 0.400. The number of hydrogen-bond donors (Lipinski definition) is 1. The molecule has 0 unspecified atom stereocenters. The number of likely N-dealkylation sites (tertiary alicyclic amines) is 1. The SMILES string of the molecule is Cc1ccccc1C(=O)N1CCCC[C@H]1c1ncn[nH]1. The van der Waals surface area contributed by atoms with Crippen LogP contribution in [0.4, 0.5) is 0 Å². The second-order valence-corrected chi connectivity index (χ2v) is 5.20. The Bertz CT molecular complexity index is 594. The first kappa shape index (κ1) is 12.8. The van der Waals surface area contributed by atoms with Crippen LogP contribution in [0.2, 0.25) is 0 Å². The first-order valence-electron chi connectivity index (χ1n) is 6.99. The third-order valence-corrected chi connectivity index (χ3v) is 3.89. The van der Waals surface area contributed by atoms with Crippen LogP contribution in [-0.2, 0) is 0 Å². The number of nitrogens with one attached hydrogen (secondary N) is 1. The van der Waals surface area contributed by atoms with Crippen LogP contribution >= 0.6 is 0 Å². The molecule has 0 saturated carbocycles. The van der Waals surface area contributed by atoms with Crippen LogP contribution in [0.15, 0.2) is 30.6 Å². The van der Waals surface area contributed by atoms with Crippen molar-refractivity contribution in [2.75, 3.05) is 6.54 Å². The highest BCUT2D eigenvalue weighted by molar-refractivity contribution is 5.95. The highest BCUT2D eigenvalue weighted by Gasteiger charge is 2.30. The van der Waals surface area contributed by atoms with E-state index in [9.17, 15) is 4.79 Å². The predicted molar refractivity (Wildman–Crippen MR) is 75.2 cm³/mol. The van der Waals surface area contributed by atoms with Crippen molar-refractivity contribution in [2.24, 2.45) is 0 Å². The number of H-pyrrole nitrogens is 1. The minimum Gasteiger partial charge on any atom is -0.328 e. The summed E-state index contributed by atoms with van der Waals surface area (Å²) in [7, 11) is 0. The van der Waals surface area contributed by atoms with E-state index in [1.165, 1.54) is 6.33 Å². The van der Waals surface area contributed by atoms with Gasteiger partial charge in [-0.25, -0.2) is 4.98 Å². The van der Waals surface area contributed by atoms with Crippen molar-refractivity contribution in [2.45, 2.75) is 32.2 Å². The Balaban J connectivity index is 1.90. The summed E-state index contributed by atoms with van der Waals surface area (Å²) in [6.07, 6.45) is 4.60. The van der Waals surface area contributed by atoms with E-state index in [1.54, 1.807) is 0 Å². The number of rotatable bonds is 2.